The van der Waals surface area contributed by atoms with Crippen LogP contribution in [0.1, 0.15) is 483 Å². The van der Waals surface area contributed by atoms with Crippen molar-refractivity contribution in [1.29, 1.82) is 0 Å². The van der Waals surface area contributed by atoms with Gasteiger partial charge >= 0.3 is 41.8 Å². The molecule has 14 nitrogen and oxygen atoms in total. The van der Waals surface area contributed by atoms with Gasteiger partial charge in [-0.3, -0.25) is 33.6 Å². The van der Waals surface area contributed by atoms with E-state index in [1.54, 1.807) is 0 Å². The molecule has 0 aliphatic carbocycles. The Hall–Kier alpha value is -4.75. The maximum Gasteiger partial charge on any atom is 0.306 e. The van der Waals surface area contributed by atoms with E-state index >= 15 is 0 Å². The number of aliphatic carboxylic acids is 1. The van der Waals surface area contributed by atoms with Gasteiger partial charge in [0.05, 0.1) is 0 Å². The third kappa shape index (κ3) is 85.7. The predicted molar refractivity (Wildman–Crippen MR) is 457 cm³/mol. The fourth-order valence-electron chi connectivity index (χ4n) is 13.8. The van der Waals surface area contributed by atoms with Crippen LogP contribution in [0, 0.1) is 0 Å². The lowest BCUT2D eigenvalue weighted by Crippen LogP contribution is -2.30. The Labute approximate surface area is 675 Å². The highest BCUT2D eigenvalue weighted by molar-refractivity contribution is 5.72. The van der Waals surface area contributed by atoms with Crippen LogP contribution >= 0.6 is 0 Å². The topological polar surface area (TPSA) is 195 Å². The van der Waals surface area contributed by atoms with Gasteiger partial charge in [0.1, 0.15) is 26.4 Å². The van der Waals surface area contributed by atoms with E-state index in [1.807, 2.05) is 0 Å². The van der Waals surface area contributed by atoms with E-state index in [4.69, 9.17) is 33.5 Å². The van der Waals surface area contributed by atoms with Crippen molar-refractivity contribution >= 4 is 41.8 Å². The minimum atomic E-state index is -0.849. The van der Waals surface area contributed by atoms with E-state index in [1.165, 1.54) is 173 Å². The molecule has 2 unspecified atom stereocenters. The highest BCUT2D eigenvalue weighted by atomic mass is 16.6. The summed E-state index contributed by atoms with van der Waals surface area (Å²) in [4.78, 5) is 88.0. The molecule has 0 amide bonds. The zero-order valence-electron chi connectivity index (χ0n) is 71.8. The third-order valence-electron chi connectivity index (χ3n) is 20.9. The zero-order valence-corrected chi connectivity index (χ0v) is 71.8. The quantitative estimate of drug-likeness (QED) is 0.0261. The van der Waals surface area contributed by atoms with E-state index in [0.29, 0.717) is 38.5 Å². The number of unbranched alkanes of at least 4 members (excludes halogenated alkanes) is 56. The molecule has 0 aliphatic heterocycles. The molecule has 0 saturated carbocycles. The first kappa shape index (κ1) is 105. The monoisotopic (exact) mass is 1550 g/mol. The second-order valence-corrected chi connectivity index (χ2v) is 31.9. The van der Waals surface area contributed by atoms with Gasteiger partial charge in [0.25, 0.3) is 0 Å². The molecule has 0 aromatic heterocycles. The summed E-state index contributed by atoms with van der Waals surface area (Å²) in [5, 5.41) is 8.78. The number of carbonyl (C=O) groups is 7. The Balaban J connectivity index is 4.72. The molecule has 0 spiro atoms. The second-order valence-electron chi connectivity index (χ2n) is 31.9. The summed E-state index contributed by atoms with van der Waals surface area (Å²) >= 11 is 0. The summed E-state index contributed by atoms with van der Waals surface area (Å²) in [5.74, 6) is -2.73. The molecule has 0 heterocycles. The lowest BCUT2D eigenvalue weighted by molar-refractivity contribution is -0.167. The largest absolute Gasteiger partial charge is 0.481 e. The fraction of sp³-hybridized carbons (Fsp3) is 0.844. The lowest BCUT2D eigenvalue weighted by atomic mass is 10.0. The summed E-state index contributed by atoms with van der Waals surface area (Å²) in [5.41, 5.74) is 0. The number of carboxylic acid groups (broad SMARTS) is 1. The van der Waals surface area contributed by atoms with Gasteiger partial charge in [0.2, 0.25) is 0 Å². The molecule has 0 fully saturated rings. The van der Waals surface area contributed by atoms with Crippen LogP contribution in [-0.4, -0.2) is 85.5 Å². The molecule has 640 valence electrons. The van der Waals surface area contributed by atoms with E-state index in [9.17, 15) is 33.6 Å². The Morgan fingerprint density at radius 1 is 0.200 bits per heavy atom. The molecule has 0 radical (unpaired) electrons. The number of rotatable bonds is 88. The highest BCUT2D eigenvalue weighted by Gasteiger charge is 2.22. The van der Waals surface area contributed by atoms with Crippen LogP contribution in [0.4, 0.5) is 0 Å². The van der Waals surface area contributed by atoms with Crippen molar-refractivity contribution in [1.82, 2.24) is 0 Å². The van der Waals surface area contributed by atoms with Gasteiger partial charge < -0.3 is 33.5 Å². The normalized spacial score (nSPS) is 12.2. The van der Waals surface area contributed by atoms with Crippen LogP contribution < -0.4 is 0 Å². The maximum atomic E-state index is 13.1. The van der Waals surface area contributed by atoms with Crippen LogP contribution in [0.2, 0.25) is 0 Å². The molecule has 0 bridgehead atoms. The van der Waals surface area contributed by atoms with Gasteiger partial charge in [-0.1, -0.05) is 339 Å². The summed E-state index contributed by atoms with van der Waals surface area (Å²) in [6.07, 6.45) is 92.0. The van der Waals surface area contributed by atoms with Crippen LogP contribution in [0.3, 0.4) is 0 Å². The Morgan fingerprint density at radius 2 is 0.345 bits per heavy atom. The van der Waals surface area contributed by atoms with Gasteiger partial charge in [-0.25, -0.2) is 0 Å². The Morgan fingerprint density at radius 3 is 0.518 bits per heavy atom. The Kier molecular flexibility index (Phi) is 84.4. The maximum absolute atomic E-state index is 13.1. The molecular weight excluding hydrogens is 1380 g/mol. The van der Waals surface area contributed by atoms with Crippen molar-refractivity contribution < 1.29 is 67.1 Å². The van der Waals surface area contributed by atoms with Crippen LogP contribution in [0.15, 0.2) is 48.6 Å². The van der Waals surface area contributed by atoms with E-state index in [2.05, 4.69) is 69.4 Å². The number of esters is 6. The molecule has 14 heteroatoms. The number of ether oxygens (including phenoxy) is 6. The summed E-state index contributed by atoms with van der Waals surface area (Å²) in [6, 6.07) is 0. The second kappa shape index (κ2) is 88.2. The minimum absolute atomic E-state index is 0.116. The smallest absolute Gasteiger partial charge is 0.306 e. The van der Waals surface area contributed by atoms with Crippen molar-refractivity contribution in [3.63, 3.8) is 0 Å². The predicted octanol–water partition coefficient (Wildman–Crippen LogP) is 28.4. The average molecular weight is 1550 g/mol. The molecule has 0 aromatic rings. The van der Waals surface area contributed by atoms with Crippen molar-refractivity contribution in [2.45, 2.75) is 495 Å². The molecular formula is C96H172O14. The molecule has 0 aromatic carbocycles. The van der Waals surface area contributed by atoms with E-state index in [-0.39, 0.29) is 87.9 Å². The molecule has 0 aliphatic rings. The number of hydrogen-bond acceptors (Lipinski definition) is 13. The summed E-state index contributed by atoms with van der Waals surface area (Å²) < 4.78 is 34.0. The van der Waals surface area contributed by atoms with Gasteiger partial charge in [0, 0.05) is 44.9 Å². The number of carbonyl (C=O) groups excluding carboxylic acids is 6. The molecule has 0 saturated heterocycles. The fourth-order valence-corrected chi connectivity index (χ4v) is 13.8. The van der Waals surface area contributed by atoms with Crippen molar-refractivity contribution in [3.05, 3.63) is 48.6 Å². The standard InChI is InChI=1S/C96H172O14/c1-4-7-10-13-16-19-22-25-28-36-43-50-57-64-71-78-91(99)105-84-88(85-106-92(100)79-72-65-58-51-44-37-29-26-23-20-17-14-11-8-5-2)110-96(104)83-76-69-62-55-48-41-34-33-39-46-53-60-67-74-81-94(102)108-87-89(86-107-93(101)80-73-66-59-52-45-38-30-27-24-21-18-15-12-9-6-3)109-95(103)82-75-68-61-54-47-40-32-31-35-42-49-56-63-70-77-90(97)98/h25,27-28,30-34,88-89H,4-24,26,29,35-87H2,1-3H3,(H,97,98)/b28-25+,30-27-,32-31+,34-33+. The number of hydrogen-bond donors (Lipinski definition) is 1. The minimum Gasteiger partial charge on any atom is -0.481 e. The van der Waals surface area contributed by atoms with E-state index < -0.39 is 18.2 Å². The highest BCUT2D eigenvalue weighted by Crippen LogP contribution is 2.20. The summed E-state index contributed by atoms with van der Waals surface area (Å²) in [6.45, 7) is 6.27. The lowest BCUT2D eigenvalue weighted by Gasteiger charge is -2.18. The first-order chi connectivity index (χ1) is 54.0. The average Bonchev–Trinajstić information content (AvgIpc) is 0.949. The Bertz CT molecular complexity index is 2190. The molecule has 110 heavy (non-hydrogen) atoms. The van der Waals surface area contributed by atoms with Crippen LogP contribution in [-0.2, 0) is 62.0 Å². The molecule has 1 N–H and O–H groups in total. The molecule has 2 atom stereocenters. The SMILES string of the molecule is CCCCCCCC/C=C\CCCCCCCC(=O)OCC(COC(=O)CCCCCCC/C=C/CCCCCCCC(=O)OC(COC(=O)CCCCCCC/C=C/CCCCCCCC)COC(=O)CCCCCCCCCCCCCCCCC)OC(=O)CCCCCCC/C=C/CCCCCCCC(=O)O. The third-order valence-corrected chi connectivity index (χ3v) is 20.9. The van der Waals surface area contributed by atoms with Crippen LogP contribution in [0.25, 0.3) is 0 Å². The first-order valence-corrected chi connectivity index (χ1v) is 46.8. The van der Waals surface area contributed by atoms with Crippen LogP contribution in [0.5, 0.6) is 0 Å². The van der Waals surface area contributed by atoms with Gasteiger partial charge in [-0.15, -0.1) is 0 Å². The van der Waals surface area contributed by atoms with Crippen molar-refractivity contribution in [2.24, 2.45) is 0 Å². The zero-order chi connectivity index (χ0) is 79.8. The molecule has 0 rings (SSSR count). The van der Waals surface area contributed by atoms with Gasteiger partial charge in [0.15, 0.2) is 12.2 Å². The number of carboxylic acids is 1. The van der Waals surface area contributed by atoms with E-state index in [0.717, 1.165) is 225 Å². The van der Waals surface area contributed by atoms with Crippen molar-refractivity contribution in [3.8, 4) is 0 Å². The summed E-state index contributed by atoms with van der Waals surface area (Å²) in [7, 11) is 0. The first-order valence-electron chi connectivity index (χ1n) is 46.8. The van der Waals surface area contributed by atoms with Gasteiger partial charge in [-0.2, -0.15) is 0 Å². The van der Waals surface area contributed by atoms with Crippen molar-refractivity contribution in [2.75, 3.05) is 26.4 Å². The number of allylic oxidation sites excluding steroid dienone is 8. The van der Waals surface area contributed by atoms with Gasteiger partial charge in [-0.05, 0) is 148 Å².